The molecule has 0 N–H and O–H groups in total. The highest BCUT2D eigenvalue weighted by Crippen LogP contribution is 2.55. The van der Waals surface area contributed by atoms with Crippen LogP contribution in [0.5, 0.6) is 0 Å². The van der Waals surface area contributed by atoms with E-state index in [1.54, 1.807) is 0 Å². The van der Waals surface area contributed by atoms with Gasteiger partial charge >= 0.3 is 0 Å². The molecule has 0 radical (unpaired) electrons. The predicted molar refractivity (Wildman–Crippen MR) is 145 cm³/mol. The van der Waals surface area contributed by atoms with E-state index in [1.807, 2.05) is 66.7 Å². The first-order valence-corrected chi connectivity index (χ1v) is 12.6. The molecule has 6 heteroatoms. The average Bonchev–Trinajstić information content (AvgIpc) is 2.92. The first-order chi connectivity index (χ1) is 17.6. The Balaban J connectivity index is 2.12. The Bertz CT molecular complexity index is 1700. The number of rotatable bonds is 2. The van der Waals surface area contributed by atoms with Gasteiger partial charge in [0.15, 0.2) is 11.8 Å². The molecular formula is C30H14Br2N4. The van der Waals surface area contributed by atoms with Gasteiger partial charge < -0.3 is 0 Å². The van der Waals surface area contributed by atoms with Crippen LogP contribution in [0.2, 0.25) is 0 Å². The number of nitrogens with zero attached hydrogens (tertiary/aromatic N) is 4. The Morgan fingerprint density at radius 3 is 1.19 bits per heavy atom. The number of nitriles is 4. The molecule has 0 aliphatic heterocycles. The summed E-state index contributed by atoms with van der Waals surface area (Å²) in [6, 6.07) is 32.3. The van der Waals surface area contributed by atoms with Crippen LogP contribution in [0.3, 0.4) is 0 Å². The zero-order valence-corrected chi connectivity index (χ0v) is 21.8. The van der Waals surface area contributed by atoms with E-state index >= 15 is 0 Å². The standard InChI is InChI=1S/C30H14Br2N4/c31-29-26(18(15-35)16-36)25(17(13-33)14-34)27-23-11-5-3-9-21(23)19-7-1-2-8-20(19)22-10-4-6-12-24(22)28(27)30(29)32/h1-12,17-18H. The van der Waals surface area contributed by atoms with Crippen molar-refractivity contribution in [2.24, 2.45) is 0 Å². The fourth-order valence-corrected chi connectivity index (χ4v) is 6.25. The van der Waals surface area contributed by atoms with Crippen LogP contribution in [-0.2, 0) is 0 Å². The molecule has 0 aromatic heterocycles. The molecule has 5 rings (SSSR count). The highest BCUT2D eigenvalue weighted by molar-refractivity contribution is 9.13. The molecule has 0 atom stereocenters. The monoisotopic (exact) mass is 588 g/mol. The third kappa shape index (κ3) is 3.44. The summed E-state index contributed by atoms with van der Waals surface area (Å²) in [5.41, 5.74) is 7.91. The second-order valence-electron chi connectivity index (χ2n) is 8.22. The van der Waals surface area contributed by atoms with E-state index in [2.05, 4.69) is 62.2 Å². The largest absolute Gasteiger partial charge is 0.196 e. The number of benzene rings is 4. The molecule has 1 aliphatic rings. The van der Waals surface area contributed by atoms with Gasteiger partial charge in [-0.15, -0.1) is 0 Å². The number of hydrogen-bond donors (Lipinski definition) is 0. The van der Waals surface area contributed by atoms with Crippen molar-refractivity contribution >= 4 is 31.9 Å². The highest BCUT2D eigenvalue weighted by Gasteiger charge is 2.34. The van der Waals surface area contributed by atoms with E-state index in [1.165, 1.54) is 0 Å². The molecule has 0 spiro atoms. The fourth-order valence-electron chi connectivity index (χ4n) is 4.98. The van der Waals surface area contributed by atoms with Crippen LogP contribution in [0.4, 0.5) is 0 Å². The Hall–Kier alpha value is -4.20. The summed E-state index contributed by atoms with van der Waals surface area (Å²) in [4.78, 5) is 0. The van der Waals surface area contributed by atoms with Gasteiger partial charge in [-0.25, -0.2) is 0 Å². The minimum atomic E-state index is -1.20. The first-order valence-electron chi connectivity index (χ1n) is 11.0. The predicted octanol–water partition coefficient (Wildman–Crippen LogP) is 8.45. The summed E-state index contributed by atoms with van der Waals surface area (Å²) in [7, 11) is 0. The van der Waals surface area contributed by atoms with E-state index in [-0.39, 0.29) is 0 Å². The van der Waals surface area contributed by atoms with Gasteiger partial charge in [0.1, 0.15) is 0 Å². The zero-order chi connectivity index (χ0) is 25.4. The molecule has 0 saturated heterocycles. The Labute approximate surface area is 225 Å². The number of hydrogen-bond acceptors (Lipinski definition) is 4. The van der Waals surface area contributed by atoms with Gasteiger partial charge in [-0.2, -0.15) is 21.0 Å². The lowest BCUT2D eigenvalue weighted by Crippen LogP contribution is -2.10. The quantitative estimate of drug-likeness (QED) is 0.206. The van der Waals surface area contributed by atoms with E-state index in [9.17, 15) is 21.0 Å². The number of fused-ring (bicyclic) bond motifs is 8. The molecule has 0 fully saturated rings. The van der Waals surface area contributed by atoms with Gasteiger partial charge in [0.2, 0.25) is 0 Å². The third-order valence-corrected chi connectivity index (χ3v) is 8.60. The Kier molecular flexibility index (Phi) is 6.18. The molecule has 0 heterocycles. The molecule has 168 valence electrons. The summed E-state index contributed by atoms with van der Waals surface area (Å²) >= 11 is 7.38. The SMILES string of the molecule is N#CC(C#N)c1c(Br)c(Br)c2c(c1C(C#N)C#N)-c1ccccc1-c1ccccc1-c1ccccc1-2. The molecule has 4 nitrogen and oxygen atoms in total. The van der Waals surface area contributed by atoms with E-state index in [0.29, 0.717) is 25.6 Å². The smallest absolute Gasteiger partial charge is 0.159 e. The van der Waals surface area contributed by atoms with Crippen molar-refractivity contribution in [2.45, 2.75) is 11.8 Å². The Morgan fingerprint density at radius 2 is 0.778 bits per heavy atom. The van der Waals surface area contributed by atoms with Crippen molar-refractivity contribution < 1.29 is 0 Å². The fraction of sp³-hybridized carbons (Fsp3) is 0.0667. The van der Waals surface area contributed by atoms with Gasteiger partial charge in [0.25, 0.3) is 0 Å². The average molecular weight is 590 g/mol. The minimum absolute atomic E-state index is 0.333. The van der Waals surface area contributed by atoms with Crippen molar-refractivity contribution in [3.8, 4) is 68.8 Å². The molecule has 36 heavy (non-hydrogen) atoms. The first kappa shape index (κ1) is 23.5. The van der Waals surface area contributed by atoms with Crippen LogP contribution in [0.25, 0.3) is 44.5 Å². The van der Waals surface area contributed by atoms with Crippen molar-refractivity contribution in [3.05, 3.63) is 92.9 Å². The van der Waals surface area contributed by atoms with Crippen LogP contribution in [0, 0.1) is 45.3 Å². The normalized spacial score (nSPS) is 10.9. The van der Waals surface area contributed by atoms with E-state index in [4.69, 9.17) is 0 Å². The lowest BCUT2D eigenvalue weighted by atomic mass is 9.75. The Morgan fingerprint density at radius 1 is 0.444 bits per heavy atom. The van der Waals surface area contributed by atoms with E-state index < -0.39 is 11.8 Å². The topological polar surface area (TPSA) is 95.2 Å². The van der Waals surface area contributed by atoms with Crippen LogP contribution >= 0.6 is 31.9 Å². The van der Waals surface area contributed by atoms with Gasteiger partial charge in [-0.3, -0.25) is 0 Å². The minimum Gasteiger partial charge on any atom is -0.196 e. The van der Waals surface area contributed by atoms with E-state index in [0.717, 1.165) is 38.9 Å². The van der Waals surface area contributed by atoms with Crippen molar-refractivity contribution in [2.75, 3.05) is 0 Å². The van der Waals surface area contributed by atoms with Gasteiger partial charge in [-0.05, 0) is 76.4 Å². The van der Waals surface area contributed by atoms with Gasteiger partial charge in [-0.1, -0.05) is 72.8 Å². The van der Waals surface area contributed by atoms with Crippen molar-refractivity contribution in [1.82, 2.24) is 0 Å². The maximum atomic E-state index is 10.1. The molecule has 4 aromatic carbocycles. The molecule has 1 aliphatic carbocycles. The van der Waals surface area contributed by atoms with Crippen LogP contribution in [-0.4, -0.2) is 0 Å². The van der Waals surface area contributed by atoms with Crippen molar-refractivity contribution in [1.29, 1.82) is 21.0 Å². The second-order valence-corrected chi connectivity index (χ2v) is 9.81. The lowest BCUT2D eigenvalue weighted by Gasteiger charge is -2.29. The molecule has 4 aromatic rings. The molecule has 0 unspecified atom stereocenters. The summed E-state index contributed by atoms with van der Waals surface area (Å²) in [6.07, 6.45) is 0. The maximum absolute atomic E-state index is 10.1. The summed E-state index contributed by atoms with van der Waals surface area (Å²) in [5.74, 6) is -2.38. The molecule has 0 saturated carbocycles. The van der Waals surface area contributed by atoms with Crippen LogP contribution in [0.1, 0.15) is 23.0 Å². The summed E-state index contributed by atoms with van der Waals surface area (Å²) in [5, 5.41) is 39.8. The molecule has 0 bridgehead atoms. The maximum Gasteiger partial charge on any atom is 0.159 e. The van der Waals surface area contributed by atoms with Gasteiger partial charge in [0.05, 0.1) is 24.3 Å². The molecule has 0 amide bonds. The second kappa shape index (κ2) is 9.45. The lowest BCUT2D eigenvalue weighted by molar-refractivity contribution is 1.000. The highest BCUT2D eigenvalue weighted by atomic mass is 79.9. The van der Waals surface area contributed by atoms with Crippen LogP contribution in [0.15, 0.2) is 81.7 Å². The summed E-state index contributed by atoms with van der Waals surface area (Å²) < 4.78 is 1.14. The summed E-state index contributed by atoms with van der Waals surface area (Å²) in [6.45, 7) is 0. The number of halogens is 2. The van der Waals surface area contributed by atoms with Gasteiger partial charge in [0, 0.05) is 20.1 Å². The van der Waals surface area contributed by atoms with Crippen LogP contribution < -0.4 is 0 Å². The molecular weight excluding hydrogens is 576 g/mol. The third-order valence-electron chi connectivity index (χ3n) is 6.45. The van der Waals surface area contributed by atoms with Crippen molar-refractivity contribution in [3.63, 3.8) is 0 Å². The zero-order valence-electron chi connectivity index (χ0n) is 18.6.